The molecule has 0 unspecified atom stereocenters. The Bertz CT molecular complexity index is 848. The van der Waals surface area contributed by atoms with E-state index in [0.29, 0.717) is 29.1 Å². The van der Waals surface area contributed by atoms with Crippen molar-refractivity contribution in [3.8, 4) is 6.07 Å². The van der Waals surface area contributed by atoms with Gasteiger partial charge in [-0.1, -0.05) is 18.2 Å². The highest BCUT2D eigenvalue weighted by Gasteiger charge is 2.12. The van der Waals surface area contributed by atoms with Crippen molar-refractivity contribution < 1.29 is 0 Å². The van der Waals surface area contributed by atoms with E-state index in [-0.39, 0.29) is 5.28 Å². The van der Waals surface area contributed by atoms with Crippen molar-refractivity contribution in [3.05, 3.63) is 47.0 Å². The molecule has 0 fully saturated rings. The number of nitrogens with one attached hydrogen (secondary N) is 1. The van der Waals surface area contributed by atoms with E-state index in [1.54, 1.807) is 19.4 Å². The third kappa shape index (κ3) is 2.39. The maximum atomic E-state index is 9.16. The van der Waals surface area contributed by atoms with Gasteiger partial charge in [0.15, 0.2) is 17.0 Å². The molecule has 104 valence electrons. The average molecular weight is 299 g/mol. The zero-order valence-corrected chi connectivity index (χ0v) is 12.0. The first-order valence-electron chi connectivity index (χ1n) is 6.27. The van der Waals surface area contributed by atoms with E-state index in [9.17, 15) is 0 Å². The SMILES string of the molecule is CNc1nc(Cl)nc2c1ncn2Cc1ccccc1C#N. The van der Waals surface area contributed by atoms with Crippen LogP contribution in [-0.2, 0) is 6.54 Å². The summed E-state index contributed by atoms with van der Waals surface area (Å²) in [5.74, 6) is 0.581. The summed E-state index contributed by atoms with van der Waals surface area (Å²) < 4.78 is 1.85. The summed E-state index contributed by atoms with van der Waals surface area (Å²) in [6, 6.07) is 9.62. The molecule has 0 bridgehead atoms. The minimum atomic E-state index is 0.155. The predicted molar refractivity (Wildman–Crippen MR) is 80.1 cm³/mol. The van der Waals surface area contributed by atoms with Gasteiger partial charge in [-0.25, -0.2) is 4.98 Å². The molecular weight excluding hydrogens is 288 g/mol. The van der Waals surface area contributed by atoms with Crippen molar-refractivity contribution in [1.82, 2.24) is 19.5 Å². The van der Waals surface area contributed by atoms with Crippen LogP contribution in [0, 0.1) is 11.3 Å². The van der Waals surface area contributed by atoms with Crippen molar-refractivity contribution in [1.29, 1.82) is 5.26 Å². The summed E-state index contributed by atoms with van der Waals surface area (Å²) >= 11 is 5.94. The Hall–Kier alpha value is -2.65. The summed E-state index contributed by atoms with van der Waals surface area (Å²) in [6.07, 6.45) is 1.67. The second kappa shape index (κ2) is 5.38. The number of aromatic nitrogens is 4. The number of benzene rings is 1. The molecule has 0 radical (unpaired) electrons. The number of nitriles is 1. The number of anilines is 1. The molecule has 1 N–H and O–H groups in total. The van der Waals surface area contributed by atoms with Gasteiger partial charge in [-0.2, -0.15) is 15.2 Å². The Morgan fingerprint density at radius 1 is 1.33 bits per heavy atom. The summed E-state index contributed by atoms with van der Waals surface area (Å²) in [5, 5.41) is 12.3. The van der Waals surface area contributed by atoms with E-state index in [4.69, 9.17) is 16.9 Å². The quantitative estimate of drug-likeness (QED) is 0.751. The Kier molecular flexibility index (Phi) is 3.42. The normalized spacial score (nSPS) is 10.5. The lowest BCUT2D eigenvalue weighted by Crippen LogP contribution is -2.03. The third-order valence-corrected chi connectivity index (χ3v) is 3.32. The van der Waals surface area contributed by atoms with Crippen LogP contribution in [0.15, 0.2) is 30.6 Å². The fraction of sp³-hybridized carbons (Fsp3) is 0.143. The monoisotopic (exact) mass is 298 g/mol. The highest BCUT2D eigenvalue weighted by Crippen LogP contribution is 2.21. The first-order valence-corrected chi connectivity index (χ1v) is 6.65. The molecule has 21 heavy (non-hydrogen) atoms. The van der Waals surface area contributed by atoms with Gasteiger partial charge in [-0.3, -0.25) is 0 Å². The van der Waals surface area contributed by atoms with E-state index in [2.05, 4.69) is 26.3 Å². The van der Waals surface area contributed by atoms with Gasteiger partial charge in [0.2, 0.25) is 5.28 Å². The van der Waals surface area contributed by atoms with Crippen LogP contribution < -0.4 is 5.32 Å². The highest BCUT2D eigenvalue weighted by atomic mass is 35.5. The number of rotatable bonds is 3. The van der Waals surface area contributed by atoms with Crippen LogP contribution in [-0.4, -0.2) is 26.6 Å². The van der Waals surface area contributed by atoms with Crippen molar-refractivity contribution in [2.75, 3.05) is 12.4 Å². The fourth-order valence-electron chi connectivity index (χ4n) is 2.16. The van der Waals surface area contributed by atoms with Crippen LogP contribution in [0.5, 0.6) is 0 Å². The van der Waals surface area contributed by atoms with Crippen LogP contribution in [0.3, 0.4) is 0 Å². The topological polar surface area (TPSA) is 79.4 Å². The smallest absolute Gasteiger partial charge is 0.226 e. The van der Waals surface area contributed by atoms with Crippen LogP contribution in [0.25, 0.3) is 11.2 Å². The van der Waals surface area contributed by atoms with Crippen molar-refractivity contribution in [2.45, 2.75) is 6.54 Å². The molecule has 0 spiro atoms. The number of hydrogen-bond donors (Lipinski definition) is 1. The first kappa shape index (κ1) is 13.3. The van der Waals surface area contributed by atoms with Gasteiger partial charge >= 0.3 is 0 Å². The molecule has 3 aromatic rings. The number of imidazole rings is 1. The molecule has 7 heteroatoms. The molecular formula is C14H11ClN6. The number of nitrogens with zero attached hydrogens (tertiary/aromatic N) is 5. The lowest BCUT2D eigenvalue weighted by Gasteiger charge is -2.06. The van der Waals surface area contributed by atoms with E-state index < -0.39 is 0 Å². The molecule has 0 atom stereocenters. The molecule has 0 saturated heterocycles. The molecule has 0 amide bonds. The summed E-state index contributed by atoms with van der Waals surface area (Å²) in [4.78, 5) is 12.6. The molecule has 2 aromatic heterocycles. The Labute approximate surface area is 126 Å². The van der Waals surface area contributed by atoms with E-state index >= 15 is 0 Å². The Morgan fingerprint density at radius 2 is 2.14 bits per heavy atom. The largest absolute Gasteiger partial charge is 0.371 e. The lowest BCUT2D eigenvalue weighted by atomic mass is 10.1. The second-order valence-corrected chi connectivity index (χ2v) is 4.74. The van der Waals surface area contributed by atoms with E-state index in [1.165, 1.54) is 0 Å². The van der Waals surface area contributed by atoms with Gasteiger partial charge in [0.05, 0.1) is 24.5 Å². The van der Waals surface area contributed by atoms with Crippen LogP contribution >= 0.6 is 11.6 Å². The van der Waals surface area contributed by atoms with Gasteiger partial charge in [-0.05, 0) is 23.2 Å². The third-order valence-electron chi connectivity index (χ3n) is 3.15. The van der Waals surface area contributed by atoms with Gasteiger partial charge in [0.1, 0.15) is 0 Å². The second-order valence-electron chi connectivity index (χ2n) is 4.40. The van der Waals surface area contributed by atoms with Crippen LogP contribution in [0.4, 0.5) is 5.82 Å². The zero-order valence-electron chi connectivity index (χ0n) is 11.2. The van der Waals surface area contributed by atoms with E-state index in [0.717, 1.165) is 5.56 Å². The van der Waals surface area contributed by atoms with E-state index in [1.807, 2.05) is 22.8 Å². The minimum absolute atomic E-state index is 0.155. The molecule has 3 rings (SSSR count). The minimum Gasteiger partial charge on any atom is -0.371 e. The lowest BCUT2D eigenvalue weighted by molar-refractivity contribution is 0.811. The van der Waals surface area contributed by atoms with Gasteiger partial charge in [0.25, 0.3) is 0 Å². The van der Waals surface area contributed by atoms with Crippen LogP contribution in [0.2, 0.25) is 5.28 Å². The average Bonchev–Trinajstić information content (AvgIpc) is 2.90. The molecule has 0 aliphatic rings. The maximum absolute atomic E-state index is 9.16. The Morgan fingerprint density at radius 3 is 2.90 bits per heavy atom. The van der Waals surface area contributed by atoms with Crippen molar-refractivity contribution in [2.24, 2.45) is 0 Å². The first-order chi connectivity index (χ1) is 10.2. The molecule has 6 nitrogen and oxygen atoms in total. The summed E-state index contributed by atoms with van der Waals surface area (Å²) in [5.41, 5.74) is 2.82. The highest BCUT2D eigenvalue weighted by molar-refractivity contribution is 6.28. The maximum Gasteiger partial charge on any atom is 0.226 e. The molecule has 0 aliphatic heterocycles. The number of halogens is 1. The van der Waals surface area contributed by atoms with Gasteiger partial charge in [-0.15, -0.1) is 0 Å². The molecule has 2 heterocycles. The number of fused-ring (bicyclic) bond motifs is 1. The van der Waals surface area contributed by atoms with Crippen LogP contribution in [0.1, 0.15) is 11.1 Å². The molecule has 0 aliphatic carbocycles. The standard InChI is InChI=1S/C14H11ClN6/c1-17-12-11-13(20-14(15)19-12)21(8-18-11)7-10-5-3-2-4-9(10)6-16/h2-5,8H,7H2,1H3,(H,17,19,20). The fourth-order valence-corrected chi connectivity index (χ4v) is 2.32. The summed E-state index contributed by atoms with van der Waals surface area (Å²) in [7, 11) is 1.75. The molecule has 0 saturated carbocycles. The van der Waals surface area contributed by atoms with Gasteiger partial charge in [0, 0.05) is 7.05 Å². The van der Waals surface area contributed by atoms with Crippen molar-refractivity contribution in [3.63, 3.8) is 0 Å². The van der Waals surface area contributed by atoms with Gasteiger partial charge < -0.3 is 9.88 Å². The zero-order chi connectivity index (χ0) is 14.8. The predicted octanol–water partition coefficient (Wildman–Crippen LogP) is 2.44. The van der Waals surface area contributed by atoms with Crippen molar-refractivity contribution >= 4 is 28.6 Å². The summed E-state index contributed by atoms with van der Waals surface area (Å²) in [6.45, 7) is 0.497. The number of hydrogen-bond acceptors (Lipinski definition) is 5. The Balaban J connectivity index is 2.10. The molecule has 1 aromatic carbocycles.